The fourth-order valence-electron chi connectivity index (χ4n) is 2.06. The summed E-state index contributed by atoms with van der Waals surface area (Å²) in [6.45, 7) is 4.81. The lowest BCUT2D eigenvalue weighted by atomic mass is 10.1. The molecule has 0 aromatic heterocycles. The van der Waals surface area contributed by atoms with Gasteiger partial charge in [0.2, 0.25) is 0 Å². The van der Waals surface area contributed by atoms with E-state index in [1.807, 2.05) is 18.2 Å². The minimum atomic E-state index is 0.190. The molecule has 0 saturated heterocycles. The molecule has 0 radical (unpaired) electrons. The van der Waals surface area contributed by atoms with E-state index in [4.69, 9.17) is 17.3 Å². The van der Waals surface area contributed by atoms with E-state index in [0.717, 1.165) is 10.6 Å². The summed E-state index contributed by atoms with van der Waals surface area (Å²) >= 11 is 8.04. The fraction of sp³-hybridized carbons (Fsp3) is 0.250. The number of halogens is 1. The van der Waals surface area contributed by atoms with Crippen molar-refractivity contribution in [1.82, 2.24) is 0 Å². The van der Waals surface area contributed by atoms with Crippen LogP contribution in [-0.4, -0.2) is 6.54 Å². The van der Waals surface area contributed by atoms with Crippen molar-refractivity contribution in [3.63, 3.8) is 0 Å². The summed E-state index contributed by atoms with van der Waals surface area (Å²) < 4.78 is 0. The lowest BCUT2D eigenvalue weighted by Crippen LogP contribution is -2.10. The van der Waals surface area contributed by atoms with E-state index < -0.39 is 0 Å². The maximum absolute atomic E-state index is 6.26. The molecule has 1 unspecified atom stereocenters. The molecule has 2 rings (SSSR count). The molecule has 0 amide bonds. The second kappa shape index (κ2) is 6.47. The van der Waals surface area contributed by atoms with Crippen LogP contribution in [0.5, 0.6) is 0 Å². The highest BCUT2D eigenvalue weighted by atomic mass is 35.5. The highest BCUT2D eigenvalue weighted by Gasteiger charge is 2.15. The molecule has 0 aliphatic carbocycles. The van der Waals surface area contributed by atoms with Crippen molar-refractivity contribution < 1.29 is 0 Å². The van der Waals surface area contributed by atoms with Crippen molar-refractivity contribution in [2.45, 2.75) is 24.0 Å². The van der Waals surface area contributed by atoms with Crippen LogP contribution >= 0.6 is 23.4 Å². The molecule has 0 spiro atoms. The van der Waals surface area contributed by atoms with Gasteiger partial charge in [0.15, 0.2) is 0 Å². The van der Waals surface area contributed by atoms with Crippen LogP contribution < -0.4 is 5.73 Å². The van der Waals surface area contributed by atoms with E-state index >= 15 is 0 Å². The quantitative estimate of drug-likeness (QED) is 0.823. The van der Waals surface area contributed by atoms with Gasteiger partial charge in [0, 0.05) is 21.7 Å². The van der Waals surface area contributed by atoms with Crippen LogP contribution in [0.3, 0.4) is 0 Å². The Labute approximate surface area is 124 Å². The molecule has 0 aliphatic heterocycles. The maximum atomic E-state index is 6.26. The smallest absolute Gasteiger partial charge is 0.0481 e. The fourth-order valence-corrected chi connectivity index (χ4v) is 3.52. The maximum Gasteiger partial charge on any atom is 0.0481 e. The second-order valence-corrected chi connectivity index (χ2v) is 6.28. The van der Waals surface area contributed by atoms with Gasteiger partial charge in [0.25, 0.3) is 0 Å². The Bertz CT molecular complexity index is 568. The largest absolute Gasteiger partial charge is 0.329 e. The first kappa shape index (κ1) is 14.4. The third-order valence-corrected chi connectivity index (χ3v) is 4.85. The van der Waals surface area contributed by atoms with Crippen LogP contribution in [0, 0.1) is 13.8 Å². The SMILES string of the molecule is Cc1ccc(SC(CN)c2ccccc2Cl)c(C)c1. The molecule has 3 heteroatoms. The average Bonchev–Trinajstić information content (AvgIpc) is 2.39. The predicted octanol–water partition coefficient (Wildman–Crippen LogP) is 4.75. The van der Waals surface area contributed by atoms with Crippen LogP contribution in [0.1, 0.15) is 21.9 Å². The van der Waals surface area contributed by atoms with Gasteiger partial charge in [-0.15, -0.1) is 11.8 Å². The number of benzene rings is 2. The van der Waals surface area contributed by atoms with Gasteiger partial charge < -0.3 is 5.73 Å². The molecule has 0 fully saturated rings. The Kier molecular flexibility index (Phi) is 4.92. The summed E-state index contributed by atoms with van der Waals surface area (Å²) in [4.78, 5) is 1.26. The van der Waals surface area contributed by atoms with E-state index in [2.05, 4.69) is 38.1 Å². The number of nitrogens with two attached hydrogens (primary N) is 1. The van der Waals surface area contributed by atoms with E-state index in [1.165, 1.54) is 16.0 Å². The lowest BCUT2D eigenvalue weighted by molar-refractivity contribution is 0.940. The molecule has 19 heavy (non-hydrogen) atoms. The highest BCUT2D eigenvalue weighted by Crippen LogP contribution is 2.38. The van der Waals surface area contributed by atoms with E-state index in [9.17, 15) is 0 Å². The topological polar surface area (TPSA) is 26.0 Å². The normalized spacial score (nSPS) is 12.4. The number of hydrogen-bond acceptors (Lipinski definition) is 2. The molecule has 1 atom stereocenters. The second-order valence-electron chi connectivity index (χ2n) is 4.63. The van der Waals surface area contributed by atoms with Crippen LogP contribution in [0.25, 0.3) is 0 Å². The van der Waals surface area contributed by atoms with Crippen LogP contribution in [0.4, 0.5) is 0 Å². The lowest BCUT2D eigenvalue weighted by Gasteiger charge is -2.17. The number of thioether (sulfide) groups is 1. The molecule has 100 valence electrons. The zero-order valence-electron chi connectivity index (χ0n) is 11.2. The highest BCUT2D eigenvalue weighted by molar-refractivity contribution is 7.99. The average molecular weight is 292 g/mol. The van der Waals surface area contributed by atoms with Gasteiger partial charge in [0.1, 0.15) is 0 Å². The summed E-state index contributed by atoms with van der Waals surface area (Å²) in [5, 5.41) is 0.977. The summed E-state index contributed by atoms with van der Waals surface area (Å²) in [6.07, 6.45) is 0. The van der Waals surface area contributed by atoms with Gasteiger partial charge in [-0.25, -0.2) is 0 Å². The van der Waals surface area contributed by atoms with E-state index in [-0.39, 0.29) is 5.25 Å². The first-order chi connectivity index (χ1) is 9.11. The molecule has 2 aromatic rings. The molecule has 2 N–H and O–H groups in total. The van der Waals surface area contributed by atoms with Crippen molar-refractivity contribution in [3.8, 4) is 0 Å². The molecular formula is C16H18ClNS. The molecule has 2 aromatic carbocycles. The Hall–Kier alpha value is -0.960. The van der Waals surface area contributed by atoms with Gasteiger partial charge in [0.05, 0.1) is 0 Å². The van der Waals surface area contributed by atoms with Crippen LogP contribution in [0.2, 0.25) is 5.02 Å². The van der Waals surface area contributed by atoms with E-state index in [1.54, 1.807) is 11.8 Å². The molecule has 0 bridgehead atoms. The monoisotopic (exact) mass is 291 g/mol. The number of rotatable bonds is 4. The molecule has 1 nitrogen and oxygen atoms in total. The molecule has 0 aliphatic rings. The Morgan fingerprint density at radius 2 is 1.89 bits per heavy atom. The summed E-state index contributed by atoms with van der Waals surface area (Å²) in [7, 11) is 0. The molecular weight excluding hydrogens is 274 g/mol. The van der Waals surface area contributed by atoms with Crippen molar-refractivity contribution in [1.29, 1.82) is 0 Å². The van der Waals surface area contributed by atoms with Gasteiger partial charge in [-0.05, 0) is 37.1 Å². The molecule has 0 heterocycles. The van der Waals surface area contributed by atoms with Crippen molar-refractivity contribution >= 4 is 23.4 Å². The first-order valence-electron chi connectivity index (χ1n) is 6.30. The van der Waals surface area contributed by atoms with E-state index in [0.29, 0.717) is 6.54 Å². The van der Waals surface area contributed by atoms with Gasteiger partial charge >= 0.3 is 0 Å². The standard InChI is InChI=1S/C16H18ClNS/c1-11-7-8-15(12(2)9-11)19-16(10-18)13-5-3-4-6-14(13)17/h3-9,16H,10,18H2,1-2H3. The zero-order chi connectivity index (χ0) is 13.8. The number of hydrogen-bond donors (Lipinski definition) is 1. The zero-order valence-corrected chi connectivity index (χ0v) is 12.8. The Balaban J connectivity index is 2.27. The van der Waals surface area contributed by atoms with Gasteiger partial charge in [-0.3, -0.25) is 0 Å². The summed E-state index contributed by atoms with van der Waals surface area (Å²) in [5.74, 6) is 0. The van der Waals surface area contributed by atoms with Gasteiger partial charge in [-0.2, -0.15) is 0 Å². The predicted molar refractivity (Wildman–Crippen MR) is 85.0 cm³/mol. The summed E-state index contributed by atoms with van der Waals surface area (Å²) in [6, 6.07) is 14.4. The van der Waals surface area contributed by atoms with Crippen LogP contribution in [0.15, 0.2) is 47.4 Å². The minimum absolute atomic E-state index is 0.190. The third kappa shape index (κ3) is 3.53. The van der Waals surface area contributed by atoms with Crippen molar-refractivity contribution in [3.05, 3.63) is 64.2 Å². The van der Waals surface area contributed by atoms with Crippen molar-refractivity contribution in [2.24, 2.45) is 5.73 Å². The van der Waals surface area contributed by atoms with Crippen LogP contribution in [-0.2, 0) is 0 Å². The molecule has 0 saturated carbocycles. The third-order valence-electron chi connectivity index (χ3n) is 3.07. The van der Waals surface area contributed by atoms with Gasteiger partial charge in [-0.1, -0.05) is 47.5 Å². The minimum Gasteiger partial charge on any atom is -0.329 e. The Morgan fingerprint density at radius 1 is 1.16 bits per heavy atom. The number of aryl methyl sites for hydroxylation is 2. The van der Waals surface area contributed by atoms with Crippen molar-refractivity contribution in [2.75, 3.05) is 6.54 Å². The first-order valence-corrected chi connectivity index (χ1v) is 7.56. The summed E-state index contributed by atoms with van der Waals surface area (Å²) in [5.41, 5.74) is 9.60. The Morgan fingerprint density at radius 3 is 2.53 bits per heavy atom.